The fourth-order valence-corrected chi connectivity index (χ4v) is 4.94. The third-order valence-electron chi connectivity index (χ3n) is 5.66. The Labute approximate surface area is 163 Å². The average molecular weight is 393 g/mol. The fraction of sp³-hybridized carbons (Fsp3) is 0.667. The molecule has 0 atom stereocenters. The van der Waals surface area contributed by atoms with Crippen LogP contribution in [0.5, 0.6) is 0 Å². The maximum atomic E-state index is 12.3. The van der Waals surface area contributed by atoms with Gasteiger partial charge in [0.15, 0.2) is 0 Å². The Hall–Kier alpha value is -1.40. The summed E-state index contributed by atoms with van der Waals surface area (Å²) in [5.41, 5.74) is 2.49. The number of amides is 1. The summed E-state index contributed by atoms with van der Waals surface area (Å²) in [5, 5.41) is 2.69. The van der Waals surface area contributed by atoms with Gasteiger partial charge in [0.2, 0.25) is 15.9 Å². The van der Waals surface area contributed by atoms with E-state index >= 15 is 0 Å². The van der Waals surface area contributed by atoms with Crippen molar-refractivity contribution in [1.82, 2.24) is 9.62 Å². The third-order valence-corrected chi connectivity index (χ3v) is 7.94. The first kappa shape index (κ1) is 20.3. The van der Waals surface area contributed by atoms with Crippen LogP contribution in [0, 0.1) is 5.92 Å². The molecular weight excluding hydrogens is 360 g/mol. The van der Waals surface area contributed by atoms with Crippen molar-refractivity contribution in [3.8, 4) is 0 Å². The average Bonchev–Trinajstić information content (AvgIpc) is 3.45. The van der Waals surface area contributed by atoms with Crippen LogP contribution in [-0.2, 0) is 27.7 Å². The highest BCUT2D eigenvalue weighted by Crippen LogP contribution is 2.25. The number of piperidine rings is 1. The van der Waals surface area contributed by atoms with Gasteiger partial charge in [-0.3, -0.25) is 4.79 Å². The first-order valence-corrected chi connectivity index (χ1v) is 11.7. The Morgan fingerprint density at radius 1 is 1.07 bits per heavy atom. The maximum absolute atomic E-state index is 12.3. The molecule has 0 radical (unpaired) electrons. The van der Waals surface area contributed by atoms with Crippen molar-refractivity contribution in [2.75, 3.05) is 13.1 Å². The second kappa shape index (κ2) is 8.74. The summed E-state index contributed by atoms with van der Waals surface area (Å²) >= 11 is 0. The van der Waals surface area contributed by atoms with E-state index in [1.165, 1.54) is 11.1 Å². The first-order valence-electron chi connectivity index (χ1n) is 10.2. The minimum Gasteiger partial charge on any atom is -0.353 e. The van der Waals surface area contributed by atoms with Gasteiger partial charge in [0, 0.05) is 25.6 Å². The van der Waals surface area contributed by atoms with Gasteiger partial charge in [0.1, 0.15) is 0 Å². The van der Waals surface area contributed by atoms with Crippen molar-refractivity contribution in [1.29, 1.82) is 0 Å². The van der Waals surface area contributed by atoms with Crippen molar-refractivity contribution < 1.29 is 13.2 Å². The van der Waals surface area contributed by atoms with Gasteiger partial charge in [0.25, 0.3) is 0 Å². The molecule has 0 bridgehead atoms. The van der Waals surface area contributed by atoms with E-state index in [-0.39, 0.29) is 11.2 Å². The Morgan fingerprint density at radius 2 is 1.67 bits per heavy atom. The summed E-state index contributed by atoms with van der Waals surface area (Å²) in [6.45, 7) is 4.77. The molecule has 150 valence electrons. The molecule has 27 heavy (non-hydrogen) atoms. The van der Waals surface area contributed by atoms with Crippen LogP contribution in [0.15, 0.2) is 24.3 Å². The van der Waals surface area contributed by atoms with Gasteiger partial charge in [0.05, 0.1) is 5.25 Å². The van der Waals surface area contributed by atoms with Gasteiger partial charge in [-0.05, 0) is 69.4 Å². The minimum absolute atomic E-state index is 0.157. The summed E-state index contributed by atoms with van der Waals surface area (Å²) < 4.78 is 26.2. The molecule has 1 aliphatic carbocycles. The van der Waals surface area contributed by atoms with Crippen LogP contribution in [0.1, 0.15) is 57.1 Å². The molecule has 1 heterocycles. The van der Waals surface area contributed by atoms with Crippen LogP contribution >= 0.6 is 0 Å². The molecule has 6 heteroatoms. The Kier molecular flexibility index (Phi) is 6.58. The zero-order valence-corrected chi connectivity index (χ0v) is 17.3. The molecule has 3 rings (SSSR count). The van der Waals surface area contributed by atoms with E-state index in [2.05, 4.69) is 29.6 Å². The zero-order chi connectivity index (χ0) is 19.4. The molecule has 5 nitrogen and oxygen atoms in total. The monoisotopic (exact) mass is 392 g/mol. The van der Waals surface area contributed by atoms with Gasteiger partial charge in [-0.15, -0.1) is 0 Å². The van der Waals surface area contributed by atoms with Crippen LogP contribution in [0.3, 0.4) is 0 Å². The lowest BCUT2D eigenvalue weighted by Crippen LogP contribution is -2.42. The third kappa shape index (κ3) is 5.79. The van der Waals surface area contributed by atoms with Crippen molar-refractivity contribution in [3.05, 3.63) is 35.4 Å². The summed E-state index contributed by atoms with van der Waals surface area (Å²) in [4.78, 5) is 11.8. The highest BCUT2D eigenvalue weighted by molar-refractivity contribution is 7.89. The van der Waals surface area contributed by atoms with Gasteiger partial charge < -0.3 is 5.32 Å². The summed E-state index contributed by atoms with van der Waals surface area (Å²) in [6, 6.07) is 8.99. The van der Waals surface area contributed by atoms with Crippen LogP contribution in [-0.4, -0.2) is 43.0 Å². The van der Waals surface area contributed by atoms with Crippen LogP contribution in [0.25, 0.3) is 0 Å². The van der Waals surface area contributed by atoms with Gasteiger partial charge in [-0.2, -0.15) is 0 Å². The van der Waals surface area contributed by atoms with Crippen molar-refractivity contribution in [2.45, 2.75) is 70.1 Å². The number of nitrogens with zero attached hydrogens (tertiary/aromatic N) is 1. The molecule has 2 fully saturated rings. The van der Waals surface area contributed by atoms with Crippen LogP contribution in [0.2, 0.25) is 0 Å². The SMILES string of the molecule is CC(C)S(=O)(=O)N1CCC(Cc2ccc(CCC(=O)NC3CC3)cc2)CC1. The van der Waals surface area contributed by atoms with E-state index in [9.17, 15) is 13.2 Å². The van der Waals surface area contributed by atoms with Gasteiger partial charge >= 0.3 is 0 Å². The predicted molar refractivity (Wildman–Crippen MR) is 108 cm³/mol. The molecule has 1 amide bonds. The second-order valence-electron chi connectivity index (χ2n) is 8.30. The number of rotatable bonds is 8. The number of hydrogen-bond acceptors (Lipinski definition) is 3. The molecule has 2 aliphatic rings. The van der Waals surface area contributed by atoms with E-state index in [0.29, 0.717) is 31.5 Å². The number of sulfonamides is 1. The lowest BCUT2D eigenvalue weighted by molar-refractivity contribution is -0.121. The number of carbonyl (C=O) groups excluding carboxylic acids is 1. The van der Waals surface area contributed by atoms with E-state index in [4.69, 9.17) is 0 Å². The lowest BCUT2D eigenvalue weighted by atomic mass is 9.90. The lowest BCUT2D eigenvalue weighted by Gasteiger charge is -2.32. The smallest absolute Gasteiger partial charge is 0.220 e. The number of nitrogens with one attached hydrogen (secondary N) is 1. The summed E-state index contributed by atoms with van der Waals surface area (Å²) in [7, 11) is -3.12. The fourth-order valence-electron chi connectivity index (χ4n) is 3.63. The van der Waals surface area contributed by atoms with Gasteiger partial charge in [-0.1, -0.05) is 24.3 Å². The first-order chi connectivity index (χ1) is 12.8. The van der Waals surface area contributed by atoms with Crippen LogP contribution in [0.4, 0.5) is 0 Å². The number of aryl methyl sites for hydroxylation is 1. The largest absolute Gasteiger partial charge is 0.353 e. The van der Waals surface area contributed by atoms with Crippen molar-refractivity contribution in [2.24, 2.45) is 5.92 Å². The molecule has 1 aromatic rings. The van der Waals surface area contributed by atoms with E-state index in [1.54, 1.807) is 18.2 Å². The normalized spacial score (nSPS) is 19.4. The molecule has 1 N–H and O–H groups in total. The topological polar surface area (TPSA) is 66.5 Å². The minimum atomic E-state index is -3.12. The standard InChI is InChI=1S/C21H32N2O3S/c1-16(2)27(25,26)23-13-11-19(12-14-23)15-18-5-3-17(4-6-18)7-10-21(24)22-20-8-9-20/h3-6,16,19-20H,7-15H2,1-2H3,(H,22,24). The number of hydrogen-bond donors (Lipinski definition) is 1. The number of benzene rings is 1. The molecule has 1 saturated carbocycles. The van der Waals surface area contributed by atoms with Crippen LogP contribution < -0.4 is 5.32 Å². The van der Waals surface area contributed by atoms with E-state index < -0.39 is 10.0 Å². The second-order valence-corrected chi connectivity index (χ2v) is 10.8. The van der Waals surface area contributed by atoms with E-state index in [0.717, 1.165) is 38.5 Å². The Bertz CT molecular complexity index is 731. The molecular formula is C21H32N2O3S. The van der Waals surface area contributed by atoms with Crippen molar-refractivity contribution >= 4 is 15.9 Å². The van der Waals surface area contributed by atoms with Gasteiger partial charge in [-0.25, -0.2) is 12.7 Å². The highest BCUT2D eigenvalue weighted by Gasteiger charge is 2.30. The molecule has 1 saturated heterocycles. The summed E-state index contributed by atoms with van der Waals surface area (Å²) in [5.74, 6) is 0.698. The summed E-state index contributed by atoms with van der Waals surface area (Å²) in [6.07, 6.45) is 6.44. The maximum Gasteiger partial charge on any atom is 0.220 e. The molecule has 0 unspecified atom stereocenters. The molecule has 1 aliphatic heterocycles. The quantitative estimate of drug-likeness (QED) is 0.740. The molecule has 0 spiro atoms. The Balaban J connectivity index is 1.43. The predicted octanol–water partition coefficient (Wildman–Crippen LogP) is 2.89. The highest BCUT2D eigenvalue weighted by atomic mass is 32.2. The number of carbonyl (C=O) groups is 1. The molecule has 1 aromatic carbocycles. The van der Waals surface area contributed by atoms with E-state index in [1.807, 2.05) is 0 Å². The zero-order valence-electron chi connectivity index (χ0n) is 16.5. The Morgan fingerprint density at radius 3 is 2.22 bits per heavy atom. The van der Waals surface area contributed by atoms with Crippen molar-refractivity contribution in [3.63, 3.8) is 0 Å². The molecule has 0 aromatic heterocycles.